The van der Waals surface area contributed by atoms with E-state index in [2.05, 4.69) is 29.4 Å². The number of guanidine groups is 1. The van der Waals surface area contributed by atoms with E-state index >= 15 is 0 Å². The standard InChI is InChI=1S/C14H23N3O.HI/c1-12(16-14(15-2)17(3)4)10-18-11-13-8-6-5-7-9-13;/h5-9,12H,10-11H2,1-4H3,(H,15,16);1H. The van der Waals surface area contributed by atoms with Gasteiger partial charge >= 0.3 is 0 Å². The Kier molecular flexibility index (Phi) is 9.59. The van der Waals surface area contributed by atoms with Crippen molar-refractivity contribution in [2.45, 2.75) is 19.6 Å². The molecule has 0 aromatic heterocycles. The van der Waals surface area contributed by atoms with E-state index in [1.54, 1.807) is 7.05 Å². The molecule has 0 fully saturated rings. The van der Waals surface area contributed by atoms with Gasteiger partial charge in [-0.15, -0.1) is 24.0 Å². The van der Waals surface area contributed by atoms with Crippen molar-refractivity contribution < 1.29 is 4.74 Å². The highest BCUT2D eigenvalue weighted by Crippen LogP contribution is 2.00. The van der Waals surface area contributed by atoms with Crippen LogP contribution in [-0.2, 0) is 11.3 Å². The van der Waals surface area contributed by atoms with Gasteiger partial charge in [0.1, 0.15) is 0 Å². The van der Waals surface area contributed by atoms with Gasteiger partial charge in [0.25, 0.3) is 0 Å². The Balaban J connectivity index is 0.00000324. The molecule has 19 heavy (non-hydrogen) atoms. The first-order valence-corrected chi connectivity index (χ1v) is 6.15. The minimum Gasteiger partial charge on any atom is -0.375 e. The predicted octanol–water partition coefficient (Wildman–Crippen LogP) is 2.35. The molecule has 0 bridgehead atoms. The zero-order valence-corrected chi connectivity index (χ0v) is 14.4. The van der Waals surface area contributed by atoms with Crippen LogP contribution in [0.25, 0.3) is 0 Å². The monoisotopic (exact) mass is 377 g/mol. The van der Waals surface area contributed by atoms with Crippen LogP contribution in [0.3, 0.4) is 0 Å². The van der Waals surface area contributed by atoms with Crippen molar-refractivity contribution >= 4 is 29.9 Å². The lowest BCUT2D eigenvalue weighted by Crippen LogP contribution is -2.43. The van der Waals surface area contributed by atoms with Crippen LogP contribution in [-0.4, -0.2) is 44.7 Å². The lowest BCUT2D eigenvalue weighted by Gasteiger charge is -2.21. The van der Waals surface area contributed by atoms with Crippen LogP contribution in [0.2, 0.25) is 0 Å². The van der Waals surface area contributed by atoms with Gasteiger partial charge in [0.05, 0.1) is 13.2 Å². The number of rotatable bonds is 5. The fraction of sp³-hybridized carbons (Fsp3) is 0.500. The number of benzene rings is 1. The molecule has 1 rings (SSSR count). The van der Waals surface area contributed by atoms with Crippen molar-refractivity contribution in [3.05, 3.63) is 35.9 Å². The summed E-state index contributed by atoms with van der Waals surface area (Å²) >= 11 is 0. The number of nitrogens with zero attached hydrogens (tertiary/aromatic N) is 2. The molecule has 0 aliphatic heterocycles. The van der Waals surface area contributed by atoms with Crippen molar-refractivity contribution in [1.82, 2.24) is 10.2 Å². The van der Waals surface area contributed by atoms with Gasteiger partial charge in [-0.2, -0.15) is 0 Å². The lowest BCUT2D eigenvalue weighted by molar-refractivity contribution is 0.106. The normalized spacial score (nSPS) is 12.5. The Bertz CT molecular complexity index is 368. The van der Waals surface area contributed by atoms with Crippen LogP contribution in [0.1, 0.15) is 12.5 Å². The SMILES string of the molecule is CN=C(NC(C)COCc1ccccc1)N(C)C.I. The first-order valence-electron chi connectivity index (χ1n) is 6.15. The quantitative estimate of drug-likeness (QED) is 0.486. The molecule has 0 spiro atoms. The minimum atomic E-state index is 0. The topological polar surface area (TPSA) is 36.9 Å². The molecule has 5 heteroatoms. The first kappa shape index (κ1) is 18.2. The summed E-state index contributed by atoms with van der Waals surface area (Å²) in [5, 5.41) is 3.30. The van der Waals surface area contributed by atoms with Crippen molar-refractivity contribution in [3.8, 4) is 0 Å². The Labute approximate surface area is 133 Å². The lowest BCUT2D eigenvalue weighted by atomic mass is 10.2. The van der Waals surface area contributed by atoms with Gasteiger partial charge in [0.15, 0.2) is 5.96 Å². The van der Waals surface area contributed by atoms with E-state index in [1.165, 1.54) is 5.56 Å². The van der Waals surface area contributed by atoms with E-state index < -0.39 is 0 Å². The van der Waals surface area contributed by atoms with Crippen LogP contribution < -0.4 is 5.32 Å². The predicted molar refractivity (Wildman–Crippen MR) is 91.2 cm³/mol. The Morgan fingerprint density at radius 1 is 1.32 bits per heavy atom. The largest absolute Gasteiger partial charge is 0.375 e. The van der Waals surface area contributed by atoms with Crippen LogP contribution >= 0.6 is 24.0 Å². The van der Waals surface area contributed by atoms with Crippen molar-refractivity contribution in [2.75, 3.05) is 27.7 Å². The molecule has 0 heterocycles. The molecule has 1 atom stereocenters. The zero-order chi connectivity index (χ0) is 13.4. The molecule has 0 amide bonds. The molecule has 0 aliphatic rings. The van der Waals surface area contributed by atoms with E-state index in [-0.39, 0.29) is 30.0 Å². The summed E-state index contributed by atoms with van der Waals surface area (Å²) in [5.41, 5.74) is 1.20. The molecule has 0 saturated heterocycles. The van der Waals surface area contributed by atoms with E-state index in [0.717, 1.165) is 5.96 Å². The summed E-state index contributed by atoms with van der Waals surface area (Å²) in [5.74, 6) is 0.866. The van der Waals surface area contributed by atoms with E-state index in [9.17, 15) is 0 Å². The van der Waals surface area contributed by atoms with Crippen LogP contribution in [0, 0.1) is 0 Å². The van der Waals surface area contributed by atoms with Crippen LogP contribution in [0.15, 0.2) is 35.3 Å². The highest BCUT2D eigenvalue weighted by Gasteiger charge is 2.06. The average molecular weight is 377 g/mol. The molecule has 108 valence electrons. The average Bonchev–Trinajstić information content (AvgIpc) is 2.37. The van der Waals surface area contributed by atoms with E-state index in [1.807, 2.05) is 37.2 Å². The summed E-state index contributed by atoms with van der Waals surface area (Å²) in [4.78, 5) is 6.12. The van der Waals surface area contributed by atoms with Gasteiger partial charge in [-0.25, -0.2) is 0 Å². The molecule has 1 N–H and O–H groups in total. The molecule has 1 aromatic carbocycles. The summed E-state index contributed by atoms with van der Waals surface area (Å²) in [6.07, 6.45) is 0. The smallest absolute Gasteiger partial charge is 0.193 e. The van der Waals surface area contributed by atoms with Gasteiger partial charge in [-0.3, -0.25) is 4.99 Å². The Morgan fingerprint density at radius 2 is 1.95 bits per heavy atom. The summed E-state index contributed by atoms with van der Waals surface area (Å²) in [6.45, 7) is 3.38. The number of aliphatic imine (C=N–C) groups is 1. The third kappa shape index (κ3) is 7.37. The number of nitrogens with one attached hydrogen (secondary N) is 1. The fourth-order valence-corrected chi connectivity index (χ4v) is 1.58. The minimum absolute atomic E-state index is 0. The van der Waals surface area contributed by atoms with Crippen molar-refractivity contribution in [1.29, 1.82) is 0 Å². The molecule has 0 radical (unpaired) electrons. The maximum atomic E-state index is 5.67. The number of halogens is 1. The van der Waals surface area contributed by atoms with Crippen LogP contribution in [0.4, 0.5) is 0 Å². The molecule has 0 aliphatic carbocycles. The third-order valence-electron chi connectivity index (χ3n) is 2.49. The second-order valence-electron chi connectivity index (χ2n) is 4.49. The maximum Gasteiger partial charge on any atom is 0.193 e. The second-order valence-corrected chi connectivity index (χ2v) is 4.49. The number of hydrogen-bond acceptors (Lipinski definition) is 2. The molecular formula is C14H24IN3O. The first-order chi connectivity index (χ1) is 8.63. The number of ether oxygens (including phenoxy) is 1. The van der Waals surface area contributed by atoms with Gasteiger partial charge in [-0.1, -0.05) is 30.3 Å². The van der Waals surface area contributed by atoms with E-state index in [4.69, 9.17) is 4.74 Å². The van der Waals surface area contributed by atoms with Crippen molar-refractivity contribution in [2.24, 2.45) is 4.99 Å². The molecule has 1 aromatic rings. The Morgan fingerprint density at radius 3 is 2.47 bits per heavy atom. The third-order valence-corrected chi connectivity index (χ3v) is 2.49. The Hall–Kier alpha value is -0.820. The summed E-state index contributed by atoms with van der Waals surface area (Å²) < 4.78 is 5.67. The molecule has 0 saturated carbocycles. The summed E-state index contributed by atoms with van der Waals surface area (Å²) in [7, 11) is 5.71. The van der Waals surface area contributed by atoms with Crippen LogP contribution in [0.5, 0.6) is 0 Å². The molecule has 4 nitrogen and oxygen atoms in total. The summed E-state index contributed by atoms with van der Waals surface area (Å²) in [6, 6.07) is 10.4. The van der Waals surface area contributed by atoms with Gasteiger partial charge in [-0.05, 0) is 12.5 Å². The molecule has 1 unspecified atom stereocenters. The zero-order valence-electron chi connectivity index (χ0n) is 12.1. The van der Waals surface area contributed by atoms with Crippen molar-refractivity contribution in [3.63, 3.8) is 0 Å². The van der Waals surface area contributed by atoms with Gasteiger partial charge < -0.3 is 15.0 Å². The van der Waals surface area contributed by atoms with Gasteiger partial charge in [0.2, 0.25) is 0 Å². The highest BCUT2D eigenvalue weighted by atomic mass is 127. The fourth-order valence-electron chi connectivity index (χ4n) is 1.58. The number of hydrogen-bond donors (Lipinski definition) is 1. The van der Waals surface area contributed by atoms with E-state index in [0.29, 0.717) is 13.2 Å². The second kappa shape index (κ2) is 10.0. The maximum absolute atomic E-state index is 5.67. The van der Waals surface area contributed by atoms with Gasteiger partial charge in [0, 0.05) is 27.2 Å². The molecular weight excluding hydrogens is 353 g/mol. The highest BCUT2D eigenvalue weighted by molar-refractivity contribution is 14.0.